The van der Waals surface area contributed by atoms with Crippen LogP contribution in [0.1, 0.15) is 38.3 Å². The number of piperazine rings is 1. The van der Waals surface area contributed by atoms with E-state index >= 15 is 0 Å². The lowest BCUT2D eigenvalue weighted by atomic mass is 9.86. The van der Waals surface area contributed by atoms with Crippen molar-refractivity contribution in [1.29, 1.82) is 0 Å². The molecule has 7 heteroatoms. The SMILES string of the molecule is CC(C)(C)c1ccc(CCC(=O)N2CCN(c3cnn(-c4ccccc4)c(=O)c3Cl)CC2)cc1. The number of benzene rings is 2. The number of para-hydroxylation sites is 1. The van der Waals surface area contributed by atoms with E-state index in [9.17, 15) is 9.59 Å². The lowest BCUT2D eigenvalue weighted by molar-refractivity contribution is -0.131. The van der Waals surface area contributed by atoms with Crippen molar-refractivity contribution in [3.63, 3.8) is 0 Å². The number of carbonyl (C=O) groups is 1. The summed E-state index contributed by atoms with van der Waals surface area (Å²) in [6, 6.07) is 17.8. The summed E-state index contributed by atoms with van der Waals surface area (Å²) in [6.07, 6.45) is 2.86. The molecule has 1 aliphatic rings. The van der Waals surface area contributed by atoms with Crippen LogP contribution in [-0.2, 0) is 16.6 Å². The number of anilines is 1. The number of carbonyl (C=O) groups excluding carboxylic acids is 1. The van der Waals surface area contributed by atoms with E-state index in [1.807, 2.05) is 40.1 Å². The van der Waals surface area contributed by atoms with Gasteiger partial charge in [-0.3, -0.25) is 9.59 Å². The summed E-state index contributed by atoms with van der Waals surface area (Å²) in [7, 11) is 0. The first-order valence-electron chi connectivity index (χ1n) is 11.7. The van der Waals surface area contributed by atoms with E-state index in [1.54, 1.807) is 6.20 Å². The summed E-state index contributed by atoms with van der Waals surface area (Å²) in [4.78, 5) is 29.5. The van der Waals surface area contributed by atoms with Crippen LogP contribution in [0, 0.1) is 0 Å². The molecule has 34 heavy (non-hydrogen) atoms. The number of halogens is 1. The number of aryl methyl sites for hydroxylation is 1. The Balaban J connectivity index is 1.34. The second-order valence-corrected chi connectivity index (χ2v) is 10.1. The fourth-order valence-electron chi connectivity index (χ4n) is 4.18. The van der Waals surface area contributed by atoms with Gasteiger partial charge in [0.25, 0.3) is 5.56 Å². The molecule has 0 saturated carbocycles. The van der Waals surface area contributed by atoms with Gasteiger partial charge in [0.15, 0.2) is 0 Å². The summed E-state index contributed by atoms with van der Waals surface area (Å²) < 4.78 is 1.31. The lowest BCUT2D eigenvalue weighted by Gasteiger charge is -2.36. The van der Waals surface area contributed by atoms with Gasteiger partial charge in [0.1, 0.15) is 5.02 Å². The number of aromatic nitrogens is 2. The highest BCUT2D eigenvalue weighted by Crippen LogP contribution is 2.24. The van der Waals surface area contributed by atoms with Crippen LogP contribution in [-0.4, -0.2) is 46.8 Å². The van der Waals surface area contributed by atoms with E-state index in [1.165, 1.54) is 15.8 Å². The van der Waals surface area contributed by atoms with Gasteiger partial charge in [-0.1, -0.05) is 74.8 Å². The molecule has 4 rings (SSSR count). The van der Waals surface area contributed by atoms with Crippen LogP contribution in [0.25, 0.3) is 5.69 Å². The highest BCUT2D eigenvalue weighted by atomic mass is 35.5. The van der Waals surface area contributed by atoms with Crippen molar-refractivity contribution < 1.29 is 4.79 Å². The van der Waals surface area contributed by atoms with Gasteiger partial charge in [0.05, 0.1) is 17.6 Å². The quantitative estimate of drug-likeness (QED) is 0.543. The van der Waals surface area contributed by atoms with E-state index in [0.29, 0.717) is 44.0 Å². The molecule has 0 bridgehead atoms. The van der Waals surface area contributed by atoms with Crippen molar-refractivity contribution in [2.75, 3.05) is 31.1 Å². The van der Waals surface area contributed by atoms with E-state index in [2.05, 4.69) is 50.1 Å². The molecule has 0 spiro atoms. The Morgan fingerprint density at radius 3 is 2.24 bits per heavy atom. The van der Waals surface area contributed by atoms with E-state index in [-0.39, 0.29) is 21.9 Å². The van der Waals surface area contributed by atoms with Crippen LogP contribution >= 0.6 is 11.6 Å². The molecule has 178 valence electrons. The molecular weight excluding hydrogens is 448 g/mol. The van der Waals surface area contributed by atoms with Gasteiger partial charge in [0.2, 0.25) is 5.91 Å². The number of amides is 1. The number of rotatable bonds is 5. The van der Waals surface area contributed by atoms with Crippen LogP contribution in [0.3, 0.4) is 0 Å². The monoisotopic (exact) mass is 478 g/mol. The first-order valence-corrected chi connectivity index (χ1v) is 12.1. The minimum atomic E-state index is -0.346. The molecule has 6 nitrogen and oxygen atoms in total. The zero-order chi connectivity index (χ0) is 24.3. The summed E-state index contributed by atoms with van der Waals surface area (Å²) in [5, 5.41) is 4.47. The zero-order valence-electron chi connectivity index (χ0n) is 20.0. The molecule has 1 aliphatic heterocycles. The first kappa shape index (κ1) is 24.0. The molecule has 3 aromatic rings. The average Bonchev–Trinajstić information content (AvgIpc) is 2.84. The molecule has 0 unspecified atom stereocenters. The molecule has 1 fully saturated rings. The van der Waals surface area contributed by atoms with E-state index in [4.69, 9.17) is 11.6 Å². The number of hydrogen-bond donors (Lipinski definition) is 0. The molecule has 2 aromatic carbocycles. The highest BCUT2D eigenvalue weighted by molar-refractivity contribution is 6.33. The largest absolute Gasteiger partial charge is 0.365 e. The molecule has 0 atom stereocenters. The minimum Gasteiger partial charge on any atom is -0.365 e. The Bertz CT molecular complexity index is 1190. The van der Waals surface area contributed by atoms with Crippen molar-refractivity contribution in [2.24, 2.45) is 0 Å². The van der Waals surface area contributed by atoms with Crippen molar-refractivity contribution >= 4 is 23.2 Å². The van der Waals surface area contributed by atoms with Crippen LogP contribution in [0.2, 0.25) is 5.02 Å². The van der Waals surface area contributed by atoms with Crippen LogP contribution in [0.4, 0.5) is 5.69 Å². The molecule has 1 aromatic heterocycles. The third kappa shape index (κ3) is 5.33. The Morgan fingerprint density at radius 1 is 0.971 bits per heavy atom. The predicted molar refractivity (Wildman–Crippen MR) is 137 cm³/mol. The fraction of sp³-hybridized carbons (Fsp3) is 0.370. The van der Waals surface area contributed by atoms with E-state index < -0.39 is 0 Å². The van der Waals surface area contributed by atoms with Crippen molar-refractivity contribution in [3.8, 4) is 5.69 Å². The summed E-state index contributed by atoms with van der Waals surface area (Å²) >= 11 is 6.44. The van der Waals surface area contributed by atoms with Crippen molar-refractivity contribution in [1.82, 2.24) is 14.7 Å². The van der Waals surface area contributed by atoms with Crippen LogP contribution in [0.5, 0.6) is 0 Å². The first-order chi connectivity index (χ1) is 16.2. The maximum Gasteiger partial charge on any atom is 0.292 e. The van der Waals surface area contributed by atoms with E-state index in [0.717, 1.165) is 6.42 Å². The molecular formula is C27H31ClN4O2. The summed E-state index contributed by atoms with van der Waals surface area (Å²) in [6.45, 7) is 9.01. The van der Waals surface area contributed by atoms with Crippen molar-refractivity contribution in [3.05, 3.63) is 87.3 Å². The van der Waals surface area contributed by atoms with Gasteiger partial charge in [-0.15, -0.1) is 0 Å². The van der Waals surface area contributed by atoms with Gasteiger partial charge in [0, 0.05) is 32.6 Å². The predicted octanol–water partition coefficient (Wildman–Crippen LogP) is 4.46. The van der Waals surface area contributed by atoms with Gasteiger partial charge >= 0.3 is 0 Å². The van der Waals surface area contributed by atoms with Gasteiger partial charge < -0.3 is 9.80 Å². The number of hydrogen-bond acceptors (Lipinski definition) is 4. The fourth-order valence-corrected chi connectivity index (χ4v) is 4.42. The molecule has 1 saturated heterocycles. The second-order valence-electron chi connectivity index (χ2n) is 9.71. The van der Waals surface area contributed by atoms with Crippen LogP contribution in [0.15, 0.2) is 65.6 Å². The van der Waals surface area contributed by atoms with Gasteiger partial charge in [-0.05, 0) is 35.1 Å². The van der Waals surface area contributed by atoms with Crippen molar-refractivity contribution in [2.45, 2.75) is 39.0 Å². The van der Waals surface area contributed by atoms with Crippen LogP contribution < -0.4 is 10.5 Å². The third-order valence-electron chi connectivity index (χ3n) is 6.32. The number of nitrogens with zero attached hydrogens (tertiary/aromatic N) is 4. The lowest BCUT2D eigenvalue weighted by Crippen LogP contribution is -2.49. The topological polar surface area (TPSA) is 58.4 Å². The smallest absolute Gasteiger partial charge is 0.292 e. The zero-order valence-corrected chi connectivity index (χ0v) is 20.8. The Kier molecular flexibility index (Phi) is 7.08. The Labute approximate surface area is 205 Å². The van der Waals surface area contributed by atoms with Gasteiger partial charge in [-0.25, -0.2) is 0 Å². The molecule has 0 N–H and O–H groups in total. The standard InChI is InChI=1S/C27H31ClN4O2/c1-27(2,3)21-12-9-20(10-13-21)11-14-24(33)31-17-15-30(16-18-31)23-19-29-32(26(34)25(23)28)22-7-5-4-6-8-22/h4-10,12-13,19H,11,14-18H2,1-3H3. The minimum absolute atomic E-state index is 0.125. The summed E-state index contributed by atoms with van der Waals surface area (Å²) in [5.74, 6) is 0.156. The average molecular weight is 479 g/mol. The maximum atomic E-state index is 12.8. The van der Waals surface area contributed by atoms with Gasteiger partial charge in [-0.2, -0.15) is 9.78 Å². The Morgan fingerprint density at radius 2 is 1.62 bits per heavy atom. The molecule has 2 heterocycles. The maximum absolute atomic E-state index is 12.8. The Hall–Kier alpha value is -3.12. The molecule has 0 aliphatic carbocycles. The second kappa shape index (κ2) is 10.0. The highest BCUT2D eigenvalue weighted by Gasteiger charge is 2.24. The molecule has 0 radical (unpaired) electrons. The third-order valence-corrected chi connectivity index (χ3v) is 6.68. The molecule has 1 amide bonds. The summed E-state index contributed by atoms with van der Waals surface area (Å²) in [5.41, 5.74) is 3.54. The normalized spacial score (nSPS) is 14.4.